The Bertz CT molecular complexity index is 577. The van der Waals surface area contributed by atoms with Crippen molar-refractivity contribution < 1.29 is 9.90 Å². The van der Waals surface area contributed by atoms with E-state index in [1.165, 1.54) is 22.2 Å². The molecule has 7 heteroatoms. The van der Waals surface area contributed by atoms with E-state index in [0.717, 1.165) is 12.2 Å². The average Bonchev–Trinajstić information content (AvgIpc) is 2.95. The summed E-state index contributed by atoms with van der Waals surface area (Å²) in [5.41, 5.74) is 1.25. The van der Waals surface area contributed by atoms with Crippen LogP contribution in [0.1, 0.15) is 23.2 Å². The van der Waals surface area contributed by atoms with Gasteiger partial charge < -0.3 is 9.67 Å². The van der Waals surface area contributed by atoms with E-state index in [-0.39, 0.29) is 5.75 Å². The van der Waals surface area contributed by atoms with E-state index >= 15 is 0 Å². The molecule has 0 radical (unpaired) electrons. The number of thioether (sulfide) groups is 1. The number of thiophene rings is 1. The van der Waals surface area contributed by atoms with Crippen molar-refractivity contribution in [2.24, 2.45) is 0 Å². The van der Waals surface area contributed by atoms with Crippen LogP contribution in [0.2, 0.25) is 0 Å². The maximum atomic E-state index is 10.7. The van der Waals surface area contributed by atoms with E-state index < -0.39 is 5.97 Å². The fraction of sp³-hybridized carbons (Fsp3) is 0.417. The Hall–Kier alpha value is -1.34. The third-order valence-corrected chi connectivity index (χ3v) is 4.66. The van der Waals surface area contributed by atoms with Crippen molar-refractivity contribution in [3.63, 3.8) is 0 Å². The van der Waals surface area contributed by atoms with Gasteiger partial charge in [0, 0.05) is 11.3 Å². The second-order valence-electron chi connectivity index (χ2n) is 4.05. The number of carboxylic acids is 1. The van der Waals surface area contributed by atoms with Gasteiger partial charge in [-0.25, -0.2) is 0 Å². The molecule has 0 saturated carbocycles. The minimum absolute atomic E-state index is 0.00523. The van der Waals surface area contributed by atoms with E-state index in [9.17, 15) is 4.79 Å². The van der Waals surface area contributed by atoms with Crippen LogP contribution in [0.4, 0.5) is 0 Å². The summed E-state index contributed by atoms with van der Waals surface area (Å²) in [5.74, 6) is 0.0521. The van der Waals surface area contributed by atoms with Crippen molar-refractivity contribution in [1.29, 1.82) is 0 Å². The van der Waals surface area contributed by atoms with Gasteiger partial charge in [0.05, 0.1) is 12.3 Å². The van der Waals surface area contributed by atoms with Crippen molar-refractivity contribution in [1.82, 2.24) is 14.8 Å². The Morgan fingerprint density at radius 2 is 2.32 bits per heavy atom. The third kappa shape index (κ3) is 3.36. The molecular formula is C12H15N3O2S2. The number of hydrogen-bond donors (Lipinski definition) is 1. The molecule has 0 aliphatic carbocycles. The Balaban J connectivity index is 2.23. The zero-order valence-corrected chi connectivity index (χ0v) is 12.4. The van der Waals surface area contributed by atoms with Gasteiger partial charge in [-0.05, 0) is 23.9 Å². The zero-order valence-electron chi connectivity index (χ0n) is 10.8. The summed E-state index contributed by atoms with van der Waals surface area (Å²) in [6.45, 7) is 4.81. The van der Waals surface area contributed by atoms with E-state index in [1.54, 1.807) is 11.3 Å². The topological polar surface area (TPSA) is 68.0 Å². The van der Waals surface area contributed by atoms with Gasteiger partial charge in [0.15, 0.2) is 5.16 Å². The van der Waals surface area contributed by atoms with Crippen LogP contribution < -0.4 is 0 Å². The number of rotatable bonds is 6. The molecule has 2 heterocycles. The van der Waals surface area contributed by atoms with Crippen LogP contribution in [0.5, 0.6) is 0 Å². The first-order valence-electron chi connectivity index (χ1n) is 5.91. The molecule has 0 spiro atoms. The van der Waals surface area contributed by atoms with Crippen molar-refractivity contribution in [2.45, 2.75) is 32.0 Å². The first-order valence-corrected chi connectivity index (χ1v) is 7.78. The van der Waals surface area contributed by atoms with Gasteiger partial charge in [0.1, 0.15) is 5.82 Å². The second-order valence-corrected chi connectivity index (χ2v) is 5.99. The van der Waals surface area contributed by atoms with Crippen molar-refractivity contribution in [3.05, 3.63) is 27.7 Å². The summed E-state index contributed by atoms with van der Waals surface area (Å²) < 4.78 is 2.01. The molecule has 0 atom stereocenters. The van der Waals surface area contributed by atoms with Gasteiger partial charge in [-0.3, -0.25) is 4.79 Å². The SMILES string of the molecule is CCc1nnc(SCC(=O)O)n1Cc1sccc1C. The maximum absolute atomic E-state index is 10.7. The highest BCUT2D eigenvalue weighted by Gasteiger charge is 2.14. The van der Waals surface area contributed by atoms with Crippen LogP contribution in [0.3, 0.4) is 0 Å². The molecule has 0 saturated heterocycles. The quantitative estimate of drug-likeness (QED) is 0.829. The lowest BCUT2D eigenvalue weighted by atomic mass is 10.3. The molecule has 0 bridgehead atoms. The summed E-state index contributed by atoms with van der Waals surface area (Å²) >= 11 is 2.91. The second kappa shape index (κ2) is 6.21. The summed E-state index contributed by atoms with van der Waals surface area (Å²) in [6.07, 6.45) is 0.783. The molecule has 0 fully saturated rings. The lowest BCUT2D eigenvalue weighted by molar-refractivity contribution is -0.133. The number of aromatic nitrogens is 3. The third-order valence-electron chi connectivity index (χ3n) is 2.70. The number of carbonyl (C=O) groups is 1. The number of hydrogen-bond acceptors (Lipinski definition) is 5. The van der Waals surface area contributed by atoms with Crippen molar-refractivity contribution in [2.75, 3.05) is 5.75 Å². The number of carboxylic acid groups (broad SMARTS) is 1. The van der Waals surface area contributed by atoms with Crippen LogP contribution in [-0.2, 0) is 17.8 Å². The molecule has 0 aromatic carbocycles. The molecule has 0 aliphatic heterocycles. The van der Waals surface area contributed by atoms with Gasteiger partial charge in [-0.2, -0.15) is 0 Å². The summed E-state index contributed by atoms with van der Waals surface area (Å²) in [7, 11) is 0. The lowest BCUT2D eigenvalue weighted by Crippen LogP contribution is -2.07. The van der Waals surface area contributed by atoms with Gasteiger partial charge in [-0.15, -0.1) is 21.5 Å². The van der Waals surface area contributed by atoms with Gasteiger partial charge in [0.25, 0.3) is 0 Å². The Labute approximate surface area is 119 Å². The van der Waals surface area contributed by atoms with Crippen LogP contribution in [0.15, 0.2) is 16.6 Å². The van der Waals surface area contributed by atoms with Crippen molar-refractivity contribution in [3.8, 4) is 0 Å². The largest absolute Gasteiger partial charge is 0.481 e. The van der Waals surface area contributed by atoms with E-state index in [1.807, 2.05) is 11.5 Å². The molecule has 0 aliphatic rings. The number of aryl methyl sites for hydroxylation is 2. The normalized spacial score (nSPS) is 10.8. The smallest absolute Gasteiger partial charge is 0.313 e. The molecule has 2 aromatic rings. The van der Waals surface area contributed by atoms with Gasteiger partial charge >= 0.3 is 5.97 Å². The van der Waals surface area contributed by atoms with Gasteiger partial charge in [-0.1, -0.05) is 18.7 Å². The summed E-state index contributed by atoms with van der Waals surface area (Å²) in [5, 5.41) is 19.7. The highest BCUT2D eigenvalue weighted by molar-refractivity contribution is 7.99. The van der Waals surface area contributed by atoms with Gasteiger partial charge in [0.2, 0.25) is 0 Å². The molecule has 19 heavy (non-hydrogen) atoms. The molecule has 1 N–H and O–H groups in total. The average molecular weight is 297 g/mol. The molecule has 2 rings (SSSR count). The minimum Gasteiger partial charge on any atom is -0.481 e. The lowest BCUT2D eigenvalue weighted by Gasteiger charge is -2.08. The van der Waals surface area contributed by atoms with Crippen molar-refractivity contribution >= 4 is 29.1 Å². The minimum atomic E-state index is -0.843. The van der Waals surface area contributed by atoms with Crippen LogP contribution in [0.25, 0.3) is 0 Å². The van der Waals surface area contributed by atoms with E-state index in [2.05, 4.69) is 28.6 Å². The van der Waals surface area contributed by atoms with E-state index in [4.69, 9.17) is 5.11 Å². The Kier molecular flexibility index (Phi) is 4.60. The maximum Gasteiger partial charge on any atom is 0.313 e. The summed E-state index contributed by atoms with van der Waals surface area (Å²) in [4.78, 5) is 11.9. The van der Waals surface area contributed by atoms with Crippen LogP contribution >= 0.6 is 23.1 Å². The molecule has 5 nitrogen and oxygen atoms in total. The first-order chi connectivity index (χ1) is 9.11. The number of aliphatic carboxylic acids is 1. The molecule has 102 valence electrons. The predicted molar refractivity (Wildman–Crippen MR) is 75.9 cm³/mol. The molecule has 0 amide bonds. The Morgan fingerprint density at radius 1 is 1.53 bits per heavy atom. The number of nitrogens with zero attached hydrogens (tertiary/aromatic N) is 3. The molecule has 2 aromatic heterocycles. The monoisotopic (exact) mass is 297 g/mol. The molecule has 0 unspecified atom stereocenters. The zero-order chi connectivity index (χ0) is 13.8. The first kappa shape index (κ1) is 14.1. The van der Waals surface area contributed by atoms with E-state index in [0.29, 0.717) is 11.7 Å². The standard InChI is InChI=1S/C12H15N3O2S2/c1-3-10-13-14-12(19-7-11(16)17)15(10)6-9-8(2)4-5-18-9/h4-5H,3,6-7H2,1-2H3,(H,16,17). The van der Waals surface area contributed by atoms with Crippen LogP contribution in [-0.4, -0.2) is 31.6 Å². The fourth-order valence-electron chi connectivity index (χ4n) is 1.68. The highest BCUT2D eigenvalue weighted by atomic mass is 32.2. The highest BCUT2D eigenvalue weighted by Crippen LogP contribution is 2.22. The fourth-order valence-corrected chi connectivity index (χ4v) is 3.25. The predicted octanol–water partition coefficient (Wildman–Crippen LogP) is 2.44. The Morgan fingerprint density at radius 3 is 2.89 bits per heavy atom. The summed E-state index contributed by atoms with van der Waals surface area (Å²) in [6, 6.07) is 2.08. The van der Waals surface area contributed by atoms with Crippen LogP contribution in [0, 0.1) is 6.92 Å². The molecular weight excluding hydrogens is 282 g/mol.